The second-order valence-corrected chi connectivity index (χ2v) is 6.04. The Morgan fingerprint density at radius 3 is 2.11 bits per heavy atom. The van der Waals surface area contributed by atoms with E-state index in [0.29, 0.717) is 6.61 Å². The van der Waals surface area contributed by atoms with Gasteiger partial charge in [-0.15, -0.1) is 0 Å². The van der Waals surface area contributed by atoms with Gasteiger partial charge in [-0.2, -0.15) is 0 Å². The number of hydrogen-bond donors (Lipinski definition) is 2. The largest absolute Gasteiger partial charge is 0.393 e. The molecule has 0 aromatic carbocycles. The molecule has 1 rings (SSSR count). The first kappa shape index (κ1) is 16.9. The molecule has 0 aliphatic heterocycles. The molecule has 3 heteroatoms. The molecule has 1 aliphatic rings. The van der Waals surface area contributed by atoms with Crippen molar-refractivity contribution in [1.29, 1.82) is 0 Å². The molecule has 1 aliphatic carbocycles. The number of ether oxygens (including phenoxy) is 1. The topological polar surface area (TPSA) is 49.7 Å². The van der Waals surface area contributed by atoms with Crippen molar-refractivity contribution >= 4 is 0 Å². The summed E-state index contributed by atoms with van der Waals surface area (Å²) in [7, 11) is 0. The number of rotatable bonds is 9. The molecule has 19 heavy (non-hydrogen) atoms. The van der Waals surface area contributed by atoms with Crippen LogP contribution >= 0.6 is 0 Å². The molecule has 0 aromatic heterocycles. The van der Waals surface area contributed by atoms with Gasteiger partial charge in [-0.3, -0.25) is 0 Å². The molecule has 114 valence electrons. The summed E-state index contributed by atoms with van der Waals surface area (Å²) in [5, 5.41) is 19.4. The lowest BCUT2D eigenvalue weighted by molar-refractivity contribution is -0.0892. The van der Waals surface area contributed by atoms with Crippen LogP contribution in [-0.4, -0.2) is 34.6 Å². The van der Waals surface area contributed by atoms with Crippen molar-refractivity contribution in [3.63, 3.8) is 0 Å². The highest BCUT2D eigenvalue weighted by Gasteiger charge is 2.33. The molecule has 1 saturated carbocycles. The Morgan fingerprint density at radius 1 is 0.947 bits per heavy atom. The highest BCUT2D eigenvalue weighted by molar-refractivity contribution is 4.85. The molecule has 0 heterocycles. The Labute approximate surface area is 118 Å². The summed E-state index contributed by atoms with van der Waals surface area (Å²) in [5.74, 6) is 0. The summed E-state index contributed by atoms with van der Waals surface area (Å²) < 4.78 is 6.17. The van der Waals surface area contributed by atoms with Gasteiger partial charge in [0, 0.05) is 6.61 Å². The van der Waals surface area contributed by atoms with Crippen LogP contribution in [0.1, 0.15) is 78.1 Å². The summed E-state index contributed by atoms with van der Waals surface area (Å²) >= 11 is 0. The van der Waals surface area contributed by atoms with Gasteiger partial charge in [-0.05, 0) is 44.9 Å². The molecule has 3 nitrogen and oxygen atoms in total. The monoisotopic (exact) mass is 272 g/mol. The van der Waals surface area contributed by atoms with Gasteiger partial charge in [0.2, 0.25) is 0 Å². The molecule has 0 bridgehead atoms. The zero-order valence-corrected chi connectivity index (χ0v) is 12.7. The van der Waals surface area contributed by atoms with E-state index in [1.165, 1.54) is 19.3 Å². The average molecular weight is 272 g/mol. The molecular weight excluding hydrogens is 240 g/mol. The van der Waals surface area contributed by atoms with E-state index in [0.717, 1.165) is 44.9 Å². The highest BCUT2D eigenvalue weighted by Crippen LogP contribution is 2.36. The second-order valence-electron chi connectivity index (χ2n) is 6.04. The minimum atomic E-state index is -0.234. The van der Waals surface area contributed by atoms with E-state index in [4.69, 9.17) is 4.74 Å². The van der Waals surface area contributed by atoms with Gasteiger partial charge in [0.15, 0.2) is 0 Å². The Hall–Kier alpha value is -0.120. The third-order valence-corrected chi connectivity index (χ3v) is 4.50. The quantitative estimate of drug-likeness (QED) is 0.676. The van der Waals surface area contributed by atoms with Crippen LogP contribution in [0.15, 0.2) is 0 Å². The van der Waals surface area contributed by atoms with Crippen molar-refractivity contribution in [3.8, 4) is 0 Å². The van der Waals surface area contributed by atoms with Crippen LogP contribution in [0.5, 0.6) is 0 Å². The predicted octanol–water partition coefficient (Wildman–Crippen LogP) is 3.42. The fourth-order valence-corrected chi connectivity index (χ4v) is 2.91. The summed E-state index contributed by atoms with van der Waals surface area (Å²) in [6, 6.07) is 0. The van der Waals surface area contributed by atoms with Crippen LogP contribution in [-0.2, 0) is 4.74 Å². The summed E-state index contributed by atoms with van der Waals surface area (Å²) in [5.41, 5.74) is -0.0259. The van der Waals surface area contributed by atoms with Crippen LogP contribution in [0.25, 0.3) is 0 Å². The van der Waals surface area contributed by atoms with Crippen molar-refractivity contribution in [2.75, 3.05) is 6.61 Å². The number of hydrogen-bond acceptors (Lipinski definition) is 3. The van der Waals surface area contributed by atoms with Gasteiger partial charge >= 0.3 is 0 Å². The Balaban J connectivity index is 2.40. The molecule has 0 aromatic rings. The Kier molecular flexibility index (Phi) is 7.96. The van der Waals surface area contributed by atoms with Crippen molar-refractivity contribution in [3.05, 3.63) is 0 Å². The minimum absolute atomic E-state index is 0.0259. The zero-order valence-electron chi connectivity index (χ0n) is 12.7. The summed E-state index contributed by atoms with van der Waals surface area (Å²) in [4.78, 5) is 0. The highest BCUT2D eigenvalue weighted by atomic mass is 16.5. The predicted molar refractivity (Wildman–Crippen MR) is 78.2 cm³/mol. The fourth-order valence-electron chi connectivity index (χ4n) is 2.91. The molecule has 0 amide bonds. The lowest BCUT2D eigenvalue weighted by Gasteiger charge is -2.38. The lowest BCUT2D eigenvalue weighted by Crippen LogP contribution is -2.37. The minimum Gasteiger partial charge on any atom is -0.393 e. The summed E-state index contributed by atoms with van der Waals surface area (Å²) in [6.07, 6.45) is 9.74. The molecular formula is C16H32O3. The first-order chi connectivity index (χ1) is 9.12. The van der Waals surface area contributed by atoms with E-state index in [1.807, 2.05) is 13.8 Å². The molecule has 0 spiro atoms. The average Bonchev–Trinajstić information content (AvgIpc) is 2.45. The SMILES string of the molecule is CCC(O)CCOC1(CCC(O)CC)CCCCC1. The van der Waals surface area contributed by atoms with Gasteiger partial charge < -0.3 is 14.9 Å². The first-order valence-electron chi connectivity index (χ1n) is 8.12. The third kappa shape index (κ3) is 6.24. The second kappa shape index (κ2) is 8.93. The van der Waals surface area contributed by atoms with E-state index in [1.54, 1.807) is 0 Å². The number of aliphatic hydroxyl groups is 2. The van der Waals surface area contributed by atoms with Crippen molar-refractivity contribution in [2.24, 2.45) is 0 Å². The molecule has 2 N–H and O–H groups in total. The first-order valence-corrected chi connectivity index (χ1v) is 8.12. The van der Waals surface area contributed by atoms with Crippen LogP contribution in [0.3, 0.4) is 0 Å². The van der Waals surface area contributed by atoms with Gasteiger partial charge in [-0.25, -0.2) is 0 Å². The van der Waals surface area contributed by atoms with E-state index in [9.17, 15) is 10.2 Å². The molecule has 0 saturated heterocycles. The van der Waals surface area contributed by atoms with E-state index in [2.05, 4.69) is 0 Å². The maximum Gasteiger partial charge on any atom is 0.0683 e. The van der Waals surface area contributed by atoms with Crippen molar-refractivity contribution in [1.82, 2.24) is 0 Å². The zero-order chi connectivity index (χ0) is 14.1. The number of aliphatic hydroxyl groups excluding tert-OH is 2. The molecule has 2 atom stereocenters. The fraction of sp³-hybridized carbons (Fsp3) is 1.00. The van der Waals surface area contributed by atoms with Crippen LogP contribution in [0.4, 0.5) is 0 Å². The van der Waals surface area contributed by atoms with Gasteiger partial charge in [0.05, 0.1) is 17.8 Å². The van der Waals surface area contributed by atoms with Crippen molar-refractivity contribution < 1.29 is 14.9 Å². The van der Waals surface area contributed by atoms with Crippen LogP contribution in [0, 0.1) is 0 Å². The lowest BCUT2D eigenvalue weighted by atomic mass is 9.80. The molecule has 0 radical (unpaired) electrons. The normalized spacial score (nSPS) is 22.1. The Bertz CT molecular complexity index is 224. The smallest absolute Gasteiger partial charge is 0.0683 e. The van der Waals surface area contributed by atoms with Gasteiger partial charge in [-0.1, -0.05) is 33.1 Å². The van der Waals surface area contributed by atoms with E-state index in [-0.39, 0.29) is 17.8 Å². The standard InChI is InChI=1S/C16H32O3/c1-3-14(17)8-12-16(10-6-5-7-11-16)19-13-9-15(18)4-2/h14-15,17-18H,3-13H2,1-2H3. The van der Waals surface area contributed by atoms with Gasteiger partial charge in [0.1, 0.15) is 0 Å². The maximum absolute atomic E-state index is 9.76. The third-order valence-electron chi connectivity index (χ3n) is 4.50. The van der Waals surface area contributed by atoms with E-state index < -0.39 is 0 Å². The van der Waals surface area contributed by atoms with E-state index >= 15 is 0 Å². The Morgan fingerprint density at radius 2 is 1.53 bits per heavy atom. The summed E-state index contributed by atoms with van der Waals surface area (Å²) in [6.45, 7) is 4.67. The molecule has 1 fully saturated rings. The van der Waals surface area contributed by atoms with Gasteiger partial charge in [0.25, 0.3) is 0 Å². The van der Waals surface area contributed by atoms with Crippen LogP contribution < -0.4 is 0 Å². The molecule has 2 unspecified atom stereocenters. The van der Waals surface area contributed by atoms with Crippen molar-refractivity contribution in [2.45, 2.75) is 95.9 Å². The maximum atomic E-state index is 9.76. The van der Waals surface area contributed by atoms with Crippen LogP contribution in [0.2, 0.25) is 0 Å².